The number of methoxy groups -OCH3 is 1. The minimum Gasteiger partial charge on any atom is -0.377 e. The van der Waals surface area contributed by atoms with E-state index in [0.29, 0.717) is 18.6 Å². The van der Waals surface area contributed by atoms with Crippen molar-refractivity contribution < 1.29 is 4.74 Å². The molecule has 2 atom stereocenters. The first kappa shape index (κ1) is 21.0. The Morgan fingerprint density at radius 1 is 1.32 bits per heavy atom. The molecule has 0 spiro atoms. The van der Waals surface area contributed by atoms with Crippen LogP contribution in [-0.4, -0.2) is 72.0 Å². The van der Waals surface area contributed by atoms with Crippen LogP contribution >= 0.6 is 0 Å². The van der Waals surface area contributed by atoms with Gasteiger partial charge in [-0.2, -0.15) is 5.10 Å². The van der Waals surface area contributed by atoms with Crippen LogP contribution in [0, 0.1) is 11.8 Å². The summed E-state index contributed by atoms with van der Waals surface area (Å²) in [7, 11) is 3.52. The first-order valence-electron chi connectivity index (χ1n) is 10.7. The number of likely N-dealkylation sites (tertiary alicyclic amines) is 1. The molecule has 1 aromatic heterocycles. The van der Waals surface area contributed by atoms with Crippen LogP contribution < -0.4 is 10.6 Å². The molecule has 28 heavy (non-hydrogen) atoms. The van der Waals surface area contributed by atoms with E-state index >= 15 is 0 Å². The van der Waals surface area contributed by atoms with Crippen molar-refractivity contribution in [1.82, 2.24) is 30.3 Å². The fourth-order valence-corrected chi connectivity index (χ4v) is 4.30. The number of nitrogens with zero attached hydrogens (tertiary/aromatic N) is 5. The van der Waals surface area contributed by atoms with E-state index in [0.717, 1.165) is 49.5 Å². The molecule has 1 saturated heterocycles. The van der Waals surface area contributed by atoms with Gasteiger partial charge in [-0.05, 0) is 37.6 Å². The second-order valence-electron chi connectivity index (χ2n) is 8.55. The summed E-state index contributed by atoms with van der Waals surface area (Å²) in [5.74, 6) is 4.14. The number of rotatable bonds is 7. The Bertz CT molecular complexity index is 642. The number of aliphatic imine (C=N–C) groups is 1. The Morgan fingerprint density at radius 3 is 2.93 bits per heavy atom. The van der Waals surface area contributed by atoms with E-state index in [1.54, 1.807) is 7.11 Å². The van der Waals surface area contributed by atoms with Crippen LogP contribution in [0.4, 0.5) is 0 Å². The number of guanidine groups is 1. The lowest BCUT2D eigenvalue weighted by Crippen LogP contribution is -2.49. The fraction of sp³-hybridized carbons (Fsp3) is 0.850. The average Bonchev–Trinajstić information content (AvgIpc) is 3.07. The van der Waals surface area contributed by atoms with Gasteiger partial charge in [-0.25, -0.2) is 9.67 Å². The SMILES string of the molecule is CN=C(NCC1CCCN(CC(C)C)C1)NC1CCc2nc(COC)nn2C1. The minimum absolute atomic E-state index is 0.319. The van der Waals surface area contributed by atoms with E-state index in [4.69, 9.17) is 4.74 Å². The number of aryl methyl sites for hydroxylation is 1. The Labute approximate surface area is 169 Å². The molecule has 1 fully saturated rings. The fourth-order valence-electron chi connectivity index (χ4n) is 4.30. The summed E-state index contributed by atoms with van der Waals surface area (Å²) in [4.78, 5) is 11.6. The maximum Gasteiger partial charge on any atom is 0.191 e. The third-order valence-electron chi connectivity index (χ3n) is 5.52. The van der Waals surface area contributed by atoms with E-state index in [9.17, 15) is 0 Å². The molecule has 3 heterocycles. The van der Waals surface area contributed by atoms with Gasteiger partial charge in [0.1, 0.15) is 12.4 Å². The van der Waals surface area contributed by atoms with Gasteiger partial charge in [0.05, 0.1) is 6.54 Å². The van der Waals surface area contributed by atoms with Crippen molar-refractivity contribution in [3.63, 3.8) is 0 Å². The Balaban J connectivity index is 1.45. The largest absolute Gasteiger partial charge is 0.377 e. The van der Waals surface area contributed by atoms with Crippen LogP contribution in [0.3, 0.4) is 0 Å². The zero-order chi connectivity index (χ0) is 19.9. The van der Waals surface area contributed by atoms with Crippen molar-refractivity contribution in [2.24, 2.45) is 16.8 Å². The minimum atomic E-state index is 0.319. The van der Waals surface area contributed by atoms with E-state index in [-0.39, 0.29) is 0 Å². The molecular formula is C20H37N7O. The molecule has 2 aliphatic rings. The van der Waals surface area contributed by atoms with Crippen molar-refractivity contribution in [2.75, 3.05) is 40.3 Å². The van der Waals surface area contributed by atoms with Gasteiger partial charge in [-0.15, -0.1) is 0 Å². The molecule has 0 aromatic carbocycles. The van der Waals surface area contributed by atoms with Crippen LogP contribution in [0.15, 0.2) is 4.99 Å². The van der Waals surface area contributed by atoms with Gasteiger partial charge in [0.25, 0.3) is 0 Å². The van der Waals surface area contributed by atoms with E-state index < -0.39 is 0 Å². The summed E-state index contributed by atoms with van der Waals surface area (Å²) in [5.41, 5.74) is 0. The number of hydrogen-bond donors (Lipinski definition) is 2. The molecule has 0 amide bonds. The average molecular weight is 392 g/mol. The standard InChI is InChI=1S/C20H37N7O/c1-15(2)11-26-9-5-6-16(12-26)10-22-20(21-3)23-17-7-8-19-24-18(14-28-4)25-27(19)13-17/h15-17H,5-14H2,1-4H3,(H2,21,22,23). The lowest BCUT2D eigenvalue weighted by Gasteiger charge is -2.34. The first-order chi connectivity index (χ1) is 13.6. The van der Waals surface area contributed by atoms with Crippen molar-refractivity contribution in [3.8, 4) is 0 Å². The van der Waals surface area contributed by atoms with Crippen LogP contribution in [0.2, 0.25) is 0 Å². The van der Waals surface area contributed by atoms with Gasteiger partial charge in [-0.1, -0.05) is 13.8 Å². The second kappa shape index (κ2) is 10.2. The first-order valence-corrected chi connectivity index (χ1v) is 10.7. The predicted molar refractivity (Wildman–Crippen MR) is 111 cm³/mol. The van der Waals surface area contributed by atoms with E-state index in [1.165, 1.54) is 32.5 Å². The summed E-state index contributed by atoms with van der Waals surface area (Å²) in [6.07, 6.45) is 4.56. The Morgan fingerprint density at radius 2 is 2.18 bits per heavy atom. The number of hydrogen-bond acceptors (Lipinski definition) is 5. The number of fused-ring (bicyclic) bond motifs is 1. The summed E-state index contributed by atoms with van der Waals surface area (Å²) < 4.78 is 7.15. The third-order valence-corrected chi connectivity index (χ3v) is 5.52. The van der Waals surface area contributed by atoms with Gasteiger partial charge in [0.2, 0.25) is 0 Å². The molecule has 2 unspecified atom stereocenters. The molecule has 8 nitrogen and oxygen atoms in total. The predicted octanol–water partition coefficient (Wildman–Crippen LogP) is 1.27. The Hall–Kier alpha value is -1.67. The molecule has 0 saturated carbocycles. The highest BCUT2D eigenvalue weighted by atomic mass is 16.5. The number of aromatic nitrogens is 3. The molecular weight excluding hydrogens is 354 g/mol. The third kappa shape index (κ3) is 5.91. The second-order valence-corrected chi connectivity index (χ2v) is 8.55. The molecule has 8 heteroatoms. The quantitative estimate of drug-likeness (QED) is 0.538. The van der Waals surface area contributed by atoms with Crippen LogP contribution in [0.5, 0.6) is 0 Å². The summed E-state index contributed by atoms with van der Waals surface area (Å²) in [5, 5.41) is 11.7. The van der Waals surface area contributed by atoms with Gasteiger partial charge >= 0.3 is 0 Å². The smallest absolute Gasteiger partial charge is 0.191 e. The zero-order valence-electron chi connectivity index (χ0n) is 17.9. The van der Waals surface area contributed by atoms with Crippen molar-refractivity contribution in [3.05, 3.63) is 11.6 Å². The molecule has 1 aromatic rings. The molecule has 0 bridgehead atoms. The number of nitrogens with one attached hydrogen (secondary N) is 2. The topological polar surface area (TPSA) is 79.6 Å². The van der Waals surface area contributed by atoms with Crippen LogP contribution in [-0.2, 0) is 24.3 Å². The van der Waals surface area contributed by atoms with E-state index in [2.05, 4.69) is 44.5 Å². The lowest BCUT2D eigenvalue weighted by atomic mass is 9.97. The van der Waals surface area contributed by atoms with Crippen LogP contribution in [0.1, 0.15) is 44.8 Å². The molecule has 0 aliphatic carbocycles. The molecule has 3 rings (SSSR count). The van der Waals surface area contributed by atoms with Gasteiger partial charge < -0.3 is 20.3 Å². The number of piperidine rings is 1. The zero-order valence-corrected chi connectivity index (χ0v) is 17.9. The van der Waals surface area contributed by atoms with Crippen molar-refractivity contribution >= 4 is 5.96 Å². The Kier molecular flexibility index (Phi) is 7.67. The highest BCUT2D eigenvalue weighted by Gasteiger charge is 2.24. The molecule has 2 N–H and O–H groups in total. The molecule has 158 valence electrons. The lowest BCUT2D eigenvalue weighted by molar-refractivity contribution is 0.159. The molecule has 0 radical (unpaired) electrons. The summed E-state index contributed by atoms with van der Waals surface area (Å²) >= 11 is 0. The maximum absolute atomic E-state index is 5.15. The summed E-state index contributed by atoms with van der Waals surface area (Å²) in [6.45, 7) is 10.5. The summed E-state index contributed by atoms with van der Waals surface area (Å²) in [6, 6.07) is 0.319. The van der Waals surface area contributed by atoms with E-state index in [1.807, 2.05) is 11.7 Å². The normalized spacial score (nSPS) is 23.7. The van der Waals surface area contributed by atoms with Crippen molar-refractivity contribution in [2.45, 2.75) is 58.7 Å². The van der Waals surface area contributed by atoms with Gasteiger partial charge in [0.15, 0.2) is 11.8 Å². The maximum atomic E-state index is 5.15. The van der Waals surface area contributed by atoms with Crippen molar-refractivity contribution in [1.29, 1.82) is 0 Å². The number of ether oxygens (including phenoxy) is 1. The van der Waals surface area contributed by atoms with Crippen LogP contribution in [0.25, 0.3) is 0 Å². The molecule has 2 aliphatic heterocycles. The van der Waals surface area contributed by atoms with Gasteiger partial charge in [0, 0.05) is 46.3 Å². The highest BCUT2D eigenvalue weighted by Crippen LogP contribution is 2.17. The monoisotopic (exact) mass is 391 g/mol. The highest BCUT2D eigenvalue weighted by molar-refractivity contribution is 5.79. The van der Waals surface area contributed by atoms with Gasteiger partial charge in [-0.3, -0.25) is 4.99 Å².